The summed E-state index contributed by atoms with van der Waals surface area (Å²) in [4.78, 5) is 0. The summed E-state index contributed by atoms with van der Waals surface area (Å²) in [5, 5.41) is 35.9. The lowest BCUT2D eigenvalue weighted by molar-refractivity contribution is 1.41. The second-order valence-corrected chi connectivity index (χ2v) is 3.88. The second-order valence-electron chi connectivity index (χ2n) is 3.88. The monoisotopic (exact) mass is 242 g/mol. The quantitative estimate of drug-likeness (QED) is 0.653. The van der Waals surface area contributed by atoms with Crippen LogP contribution in [0.3, 0.4) is 0 Å². The first-order valence-electron chi connectivity index (χ1n) is 5.43. The van der Waals surface area contributed by atoms with E-state index < -0.39 is 0 Å². The van der Waals surface area contributed by atoms with E-state index in [0.717, 1.165) is 11.1 Å². The highest BCUT2D eigenvalue weighted by Gasteiger charge is 2.26. The van der Waals surface area contributed by atoms with Crippen molar-refractivity contribution >= 4 is 11.1 Å². The smallest absolute Gasteiger partial charge is 0.133 e. The Balaban J connectivity index is 2.82. The molecule has 0 bridgehead atoms. The van der Waals surface area contributed by atoms with E-state index in [1.54, 1.807) is 24.3 Å². The molecule has 1 aromatic rings. The Morgan fingerprint density at radius 1 is 0.737 bits per heavy atom. The lowest BCUT2D eigenvalue weighted by Crippen LogP contribution is -1.83. The maximum absolute atomic E-state index is 8.97. The first-order valence-corrected chi connectivity index (χ1v) is 5.43. The molecule has 86 valence electrons. The van der Waals surface area contributed by atoms with E-state index in [1.165, 1.54) is 0 Å². The minimum absolute atomic E-state index is 0.0256. The zero-order chi connectivity index (χ0) is 13.8. The van der Waals surface area contributed by atoms with Crippen LogP contribution in [-0.4, -0.2) is 0 Å². The lowest BCUT2D eigenvalue weighted by Gasteiger charge is -1.99. The van der Waals surface area contributed by atoms with Crippen LogP contribution in [0.5, 0.6) is 0 Å². The fraction of sp³-hybridized carbons (Fsp3) is 0.0667. The Morgan fingerprint density at radius 2 is 1.11 bits per heavy atom. The summed E-state index contributed by atoms with van der Waals surface area (Å²) in [5.41, 5.74) is 2.71. The zero-order valence-corrected chi connectivity index (χ0v) is 9.81. The van der Waals surface area contributed by atoms with Crippen molar-refractivity contribution in [3.8, 4) is 24.3 Å². The average Bonchev–Trinajstić information content (AvgIpc) is 2.82. The summed E-state index contributed by atoms with van der Waals surface area (Å²) in [6.07, 6.45) is 0.270. The fourth-order valence-corrected chi connectivity index (χ4v) is 2.14. The van der Waals surface area contributed by atoms with E-state index in [9.17, 15) is 0 Å². The van der Waals surface area contributed by atoms with Gasteiger partial charge in [0.2, 0.25) is 0 Å². The van der Waals surface area contributed by atoms with Gasteiger partial charge in [-0.2, -0.15) is 21.0 Å². The highest BCUT2D eigenvalue weighted by molar-refractivity contribution is 5.98. The molecule has 0 amide bonds. The first-order chi connectivity index (χ1) is 9.26. The average molecular weight is 242 g/mol. The number of benzene rings is 1. The number of nitrogens with zero attached hydrogens (tertiary/aromatic N) is 4. The second kappa shape index (κ2) is 4.89. The molecule has 0 saturated carbocycles. The summed E-state index contributed by atoms with van der Waals surface area (Å²) >= 11 is 0. The summed E-state index contributed by atoms with van der Waals surface area (Å²) in [5.74, 6) is 0. The van der Waals surface area contributed by atoms with E-state index in [0.29, 0.717) is 11.1 Å². The van der Waals surface area contributed by atoms with Crippen LogP contribution in [0, 0.1) is 45.3 Å². The summed E-state index contributed by atoms with van der Waals surface area (Å²) in [7, 11) is 0. The number of nitriles is 4. The van der Waals surface area contributed by atoms with Crippen molar-refractivity contribution in [1.29, 1.82) is 21.0 Å². The van der Waals surface area contributed by atoms with E-state index in [4.69, 9.17) is 21.0 Å². The van der Waals surface area contributed by atoms with Gasteiger partial charge in [0.25, 0.3) is 0 Å². The van der Waals surface area contributed by atoms with Gasteiger partial charge in [-0.1, -0.05) is 24.3 Å². The highest BCUT2D eigenvalue weighted by Crippen LogP contribution is 2.43. The molecular formula is C15H6N4. The Labute approximate surface area is 110 Å². The molecule has 0 heterocycles. The third-order valence-electron chi connectivity index (χ3n) is 2.98. The van der Waals surface area contributed by atoms with Crippen LogP contribution in [0.1, 0.15) is 17.5 Å². The molecule has 0 fully saturated rings. The summed E-state index contributed by atoms with van der Waals surface area (Å²) in [6.45, 7) is 0. The molecule has 0 N–H and O–H groups in total. The van der Waals surface area contributed by atoms with Crippen LogP contribution in [0.2, 0.25) is 0 Å². The molecule has 0 atom stereocenters. The van der Waals surface area contributed by atoms with E-state index in [2.05, 4.69) is 0 Å². The molecule has 4 heteroatoms. The minimum Gasteiger partial charge on any atom is -0.192 e. The molecule has 0 aromatic heterocycles. The Hall–Kier alpha value is -3.34. The molecule has 4 nitrogen and oxygen atoms in total. The Morgan fingerprint density at radius 3 is 1.42 bits per heavy atom. The Bertz CT molecular complexity index is 684. The van der Waals surface area contributed by atoms with Crippen LogP contribution in [0.15, 0.2) is 35.4 Å². The number of hydrogen-bond donors (Lipinski definition) is 0. The van der Waals surface area contributed by atoms with Gasteiger partial charge in [-0.3, -0.25) is 0 Å². The van der Waals surface area contributed by atoms with Gasteiger partial charge in [0.05, 0.1) is 0 Å². The summed E-state index contributed by atoms with van der Waals surface area (Å²) < 4.78 is 0. The normalized spacial score (nSPS) is 11.6. The largest absolute Gasteiger partial charge is 0.192 e. The van der Waals surface area contributed by atoms with Crippen LogP contribution in [-0.2, 0) is 0 Å². The predicted molar refractivity (Wildman–Crippen MR) is 67.4 cm³/mol. The number of hydrogen-bond acceptors (Lipinski definition) is 4. The van der Waals surface area contributed by atoms with Gasteiger partial charge in [-0.15, -0.1) is 0 Å². The van der Waals surface area contributed by atoms with Crippen molar-refractivity contribution in [2.45, 2.75) is 6.42 Å². The highest BCUT2D eigenvalue weighted by atomic mass is 14.4. The molecular weight excluding hydrogens is 236 g/mol. The van der Waals surface area contributed by atoms with Crippen molar-refractivity contribution in [2.75, 3.05) is 0 Å². The van der Waals surface area contributed by atoms with E-state index in [1.807, 2.05) is 24.3 Å². The van der Waals surface area contributed by atoms with Gasteiger partial charge in [0.15, 0.2) is 0 Å². The van der Waals surface area contributed by atoms with Crippen molar-refractivity contribution in [3.05, 3.63) is 46.5 Å². The predicted octanol–water partition coefficient (Wildman–Crippen LogP) is 2.69. The van der Waals surface area contributed by atoms with Crippen LogP contribution < -0.4 is 0 Å². The molecule has 0 radical (unpaired) electrons. The SMILES string of the molecule is N#CC(C#N)=C1CC(=C(C#N)C#N)c2ccccc21. The molecule has 0 aliphatic heterocycles. The maximum atomic E-state index is 8.97. The van der Waals surface area contributed by atoms with Crippen molar-refractivity contribution in [1.82, 2.24) is 0 Å². The van der Waals surface area contributed by atoms with Crippen molar-refractivity contribution in [3.63, 3.8) is 0 Å². The van der Waals surface area contributed by atoms with Gasteiger partial charge >= 0.3 is 0 Å². The third-order valence-corrected chi connectivity index (χ3v) is 2.98. The fourth-order valence-electron chi connectivity index (χ4n) is 2.14. The van der Waals surface area contributed by atoms with E-state index >= 15 is 0 Å². The molecule has 2 rings (SSSR count). The third kappa shape index (κ3) is 1.85. The zero-order valence-electron chi connectivity index (χ0n) is 9.81. The Kier molecular flexibility index (Phi) is 3.12. The molecule has 1 aliphatic carbocycles. The van der Waals surface area contributed by atoms with Crippen LogP contribution >= 0.6 is 0 Å². The van der Waals surface area contributed by atoms with Crippen molar-refractivity contribution < 1.29 is 0 Å². The summed E-state index contributed by atoms with van der Waals surface area (Å²) in [6, 6.07) is 14.6. The van der Waals surface area contributed by atoms with Gasteiger partial charge < -0.3 is 0 Å². The molecule has 0 saturated heterocycles. The lowest BCUT2D eigenvalue weighted by atomic mass is 10.0. The maximum Gasteiger partial charge on any atom is 0.133 e. The minimum atomic E-state index is 0.0256. The topological polar surface area (TPSA) is 95.2 Å². The van der Waals surface area contributed by atoms with E-state index in [-0.39, 0.29) is 17.6 Å². The molecule has 0 spiro atoms. The van der Waals surface area contributed by atoms with Crippen molar-refractivity contribution in [2.24, 2.45) is 0 Å². The molecule has 1 aromatic carbocycles. The van der Waals surface area contributed by atoms with Gasteiger partial charge in [-0.05, 0) is 22.3 Å². The standard InChI is InChI=1S/C15H6N4/c16-6-10(7-17)14-5-15(11(8-18)9-19)13-4-2-1-3-12(13)14/h1-4H,5H2. The van der Waals surface area contributed by atoms with Gasteiger partial charge in [0, 0.05) is 6.42 Å². The number of allylic oxidation sites excluding steroid dienone is 4. The van der Waals surface area contributed by atoms with Crippen LogP contribution in [0.25, 0.3) is 11.1 Å². The molecule has 1 aliphatic rings. The molecule has 19 heavy (non-hydrogen) atoms. The van der Waals surface area contributed by atoms with Crippen LogP contribution in [0.4, 0.5) is 0 Å². The number of rotatable bonds is 0. The molecule has 0 unspecified atom stereocenters. The van der Waals surface area contributed by atoms with Gasteiger partial charge in [0.1, 0.15) is 35.4 Å². The van der Waals surface area contributed by atoms with Gasteiger partial charge in [-0.25, -0.2) is 0 Å². The number of fused-ring (bicyclic) bond motifs is 1. The first kappa shape index (κ1) is 12.1.